The van der Waals surface area contributed by atoms with Crippen LogP contribution in [0.4, 0.5) is 8.78 Å². The minimum absolute atomic E-state index is 0.105. The molecule has 0 spiro atoms. The number of carbonyl (C=O) groups excluding carboxylic acids is 1. The van der Waals surface area contributed by atoms with Gasteiger partial charge in [-0.05, 0) is 39.7 Å². The smallest absolute Gasteiger partial charge is 0.257 e. The number of amides is 1. The maximum atomic E-state index is 14.7. The van der Waals surface area contributed by atoms with Crippen molar-refractivity contribution in [2.45, 2.75) is 12.7 Å². The van der Waals surface area contributed by atoms with Gasteiger partial charge >= 0.3 is 0 Å². The zero-order valence-corrected chi connectivity index (χ0v) is 16.6. The summed E-state index contributed by atoms with van der Waals surface area (Å²) in [5.74, 6) is -0.434. The molecule has 146 valence electrons. The third-order valence-electron chi connectivity index (χ3n) is 5.00. The SMILES string of the molecule is O=C(c1cc(Br)cn2ccnc12)N1CCN(C(F)Cc2ccc(F)cc2)CC1. The molecule has 1 fully saturated rings. The summed E-state index contributed by atoms with van der Waals surface area (Å²) >= 11 is 3.42. The first-order chi connectivity index (χ1) is 13.5. The van der Waals surface area contributed by atoms with Gasteiger partial charge in [0.05, 0.1) is 5.56 Å². The van der Waals surface area contributed by atoms with E-state index in [0.29, 0.717) is 37.4 Å². The van der Waals surface area contributed by atoms with Crippen LogP contribution >= 0.6 is 15.9 Å². The Hall–Kier alpha value is -2.32. The number of imidazole rings is 1. The number of nitrogens with zero attached hydrogens (tertiary/aromatic N) is 4. The predicted molar refractivity (Wildman–Crippen MR) is 105 cm³/mol. The van der Waals surface area contributed by atoms with E-state index in [9.17, 15) is 13.6 Å². The summed E-state index contributed by atoms with van der Waals surface area (Å²) in [6.45, 7) is 1.80. The molecule has 8 heteroatoms. The van der Waals surface area contributed by atoms with Gasteiger partial charge in [0.25, 0.3) is 5.91 Å². The van der Waals surface area contributed by atoms with Crippen molar-refractivity contribution in [1.29, 1.82) is 0 Å². The summed E-state index contributed by atoms with van der Waals surface area (Å²) in [6, 6.07) is 7.65. The van der Waals surface area contributed by atoms with E-state index < -0.39 is 6.30 Å². The van der Waals surface area contributed by atoms with E-state index >= 15 is 0 Å². The molecule has 1 atom stereocenters. The Morgan fingerprint density at radius 2 is 1.89 bits per heavy atom. The Morgan fingerprint density at radius 3 is 2.61 bits per heavy atom. The summed E-state index contributed by atoms with van der Waals surface area (Å²) in [5.41, 5.74) is 1.88. The van der Waals surface area contributed by atoms with E-state index in [4.69, 9.17) is 0 Å². The molecule has 1 aliphatic heterocycles. The molecule has 3 aromatic rings. The summed E-state index contributed by atoms with van der Waals surface area (Å²) < 4.78 is 30.2. The van der Waals surface area contributed by atoms with Crippen molar-refractivity contribution < 1.29 is 13.6 Å². The first-order valence-corrected chi connectivity index (χ1v) is 9.84. The maximum absolute atomic E-state index is 14.7. The lowest BCUT2D eigenvalue weighted by molar-refractivity contribution is 0.0280. The van der Waals surface area contributed by atoms with E-state index in [1.54, 1.807) is 44.8 Å². The molecule has 3 heterocycles. The van der Waals surface area contributed by atoms with Crippen LogP contribution in [0.25, 0.3) is 5.65 Å². The first kappa shape index (κ1) is 19.0. The topological polar surface area (TPSA) is 40.9 Å². The van der Waals surface area contributed by atoms with E-state index in [1.807, 2.05) is 6.20 Å². The molecule has 28 heavy (non-hydrogen) atoms. The molecule has 1 amide bonds. The van der Waals surface area contributed by atoms with Gasteiger partial charge in [-0.2, -0.15) is 0 Å². The van der Waals surface area contributed by atoms with Crippen molar-refractivity contribution in [2.24, 2.45) is 0 Å². The summed E-state index contributed by atoms with van der Waals surface area (Å²) in [7, 11) is 0. The molecule has 0 bridgehead atoms. The normalized spacial score (nSPS) is 16.5. The Labute approximate surface area is 169 Å². The van der Waals surface area contributed by atoms with Crippen molar-refractivity contribution in [2.75, 3.05) is 26.2 Å². The summed E-state index contributed by atoms with van der Waals surface area (Å²) in [5, 5.41) is 0. The zero-order valence-electron chi connectivity index (χ0n) is 15.1. The quantitative estimate of drug-likeness (QED) is 0.573. The Morgan fingerprint density at radius 1 is 1.18 bits per heavy atom. The lowest BCUT2D eigenvalue weighted by Crippen LogP contribution is -2.51. The standard InChI is InChI=1S/C20H19BrF2N4O/c21-15-12-17(19-24-5-6-27(19)13-15)20(28)26-9-7-25(8-10-26)18(23)11-14-1-3-16(22)4-2-14/h1-6,12-13,18H,7-11H2. The number of piperazine rings is 1. The minimum Gasteiger partial charge on any atom is -0.336 e. The first-order valence-electron chi connectivity index (χ1n) is 9.05. The molecule has 4 rings (SSSR count). The van der Waals surface area contributed by atoms with Crippen LogP contribution in [0.1, 0.15) is 15.9 Å². The van der Waals surface area contributed by atoms with Gasteiger partial charge in [-0.3, -0.25) is 9.69 Å². The van der Waals surface area contributed by atoms with Gasteiger partial charge in [0.1, 0.15) is 11.5 Å². The van der Waals surface area contributed by atoms with E-state index in [-0.39, 0.29) is 18.1 Å². The van der Waals surface area contributed by atoms with Crippen LogP contribution in [-0.2, 0) is 6.42 Å². The Kier molecular flexibility index (Phi) is 5.41. The van der Waals surface area contributed by atoms with Crippen LogP contribution in [0.15, 0.2) is 53.4 Å². The largest absolute Gasteiger partial charge is 0.336 e. The van der Waals surface area contributed by atoms with Crippen molar-refractivity contribution in [3.63, 3.8) is 0 Å². The van der Waals surface area contributed by atoms with Crippen molar-refractivity contribution in [3.8, 4) is 0 Å². The molecule has 1 saturated heterocycles. The highest BCUT2D eigenvalue weighted by Gasteiger charge is 2.28. The van der Waals surface area contributed by atoms with Gasteiger partial charge < -0.3 is 9.30 Å². The highest BCUT2D eigenvalue weighted by Crippen LogP contribution is 2.20. The van der Waals surface area contributed by atoms with Crippen molar-refractivity contribution >= 4 is 27.5 Å². The molecular formula is C20H19BrF2N4O. The van der Waals surface area contributed by atoms with Crippen molar-refractivity contribution in [3.05, 3.63) is 70.3 Å². The maximum Gasteiger partial charge on any atom is 0.257 e. The highest BCUT2D eigenvalue weighted by molar-refractivity contribution is 9.10. The van der Waals surface area contributed by atoms with E-state index in [0.717, 1.165) is 10.0 Å². The lowest BCUT2D eigenvalue weighted by atomic mass is 10.1. The van der Waals surface area contributed by atoms with Gasteiger partial charge in [-0.1, -0.05) is 12.1 Å². The average molecular weight is 449 g/mol. The van der Waals surface area contributed by atoms with E-state index in [2.05, 4.69) is 20.9 Å². The summed E-state index contributed by atoms with van der Waals surface area (Å²) in [4.78, 5) is 20.7. The van der Waals surface area contributed by atoms with Crippen LogP contribution in [0, 0.1) is 5.82 Å². The number of benzene rings is 1. The van der Waals surface area contributed by atoms with Crippen LogP contribution in [0.3, 0.4) is 0 Å². The number of hydrogen-bond donors (Lipinski definition) is 0. The Balaban J connectivity index is 1.40. The molecular weight excluding hydrogens is 430 g/mol. The average Bonchev–Trinajstić information content (AvgIpc) is 3.17. The zero-order chi connectivity index (χ0) is 19.7. The second kappa shape index (κ2) is 7.97. The molecule has 0 aliphatic carbocycles. The molecule has 1 aliphatic rings. The lowest BCUT2D eigenvalue weighted by Gasteiger charge is -2.36. The number of carbonyl (C=O) groups is 1. The van der Waals surface area contributed by atoms with Gasteiger partial charge in [0.15, 0.2) is 6.30 Å². The number of pyridine rings is 1. The molecule has 5 nitrogen and oxygen atoms in total. The third-order valence-corrected chi connectivity index (χ3v) is 5.43. The second-order valence-corrected chi connectivity index (χ2v) is 7.74. The molecule has 0 saturated carbocycles. The van der Waals surface area contributed by atoms with Gasteiger partial charge in [0.2, 0.25) is 0 Å². The Bertz CT molecular complexity index is 984. The summed E-state index contributed by atoms with van der Waals surface area (Å²) in [6.07, 6.45) is 4.33. The predicted octanol–water partition coefficient (Wildman–Crippen LogP) is 3.53. The number of hydrogen-bond acceptors (Lipinski definition) is 3. The number of aromatic nitrogens is 2. The fourth-order valence-corrected chi connectivity index (χ4v) is 3.92. The van der Waals surface area contributed by atoms with Crippen LogP contribution < -0.4 is 0 Å². The van der Waals surface area contributed by atoms with Crippen LogP contribution in [0.5, 0.6) is 0 Å². The number of alkyl halides is 1. The fourth-order valence-electron chi connectivity index (χ4n) is 3.48. The monoisotopic (exact) mass is 448 g/mol. The van der Waals surface area contributed by atoms with Gasteiger partial charge in [0, 0.05) is 55.7 Å². The number of fused-ring (bicyclic) bond motifs is 1. The van der Waals surface area contributed by atoms with Gasteiger partial charge in [-0.25, -0.2) is 13.8 Å². The van der Waals surface area contributed by atoms with Crippen molar-refractivity contribution in [1.82, 2.24) is 19.2 Å². The minimum atomic E-state index is -1.16. The molecule has 2 aromatic heterocycles. The molecule has 0 N–H and O–H groups in total. The second-order valence-electron chi connectivity index (χ2n) is 6.82. The van der Waals surface area contributed by atoms with Gasteiger partial charge in [-0.15, -0.1) is 0 Å². The van der Waals surface area contributed by atoms with E-state index in [1.165, 1.54) is 12.1 Å². The third kappa shape index (κ3) is 3.93. The molecule has 1 aromatic carbocycles. The van der Waals surface area contributed by atoms with Crippen LogP contribution in [0.2, 0.25) is 0 Å². The highest BCUT2D eigenvalue weighted by atomic mass is 79.9. The number of rotatable bonds is 4. The molecule has 0 radical (unpaired) electrons. The number of halogens is 3. The fraction of sp³-hybridized carbons (Fsp3) is 0.300. The molecule has 1 unspecified atom stereocenters. The van der Waals surface area contributed by atoms with Crippen LogP contribution in [-0.4, -0.2) is 57.6 Å².